The first-order chi connectivity index (χ1) is 9.79. The lowest BCUT2D eigenvalue weighted by Crippen LogP contribution is -2.32. The first kappa shape index (κ1) is 17.2. The number of rotatable bonds is 8. The number of benzene rings is 1. The third-order valence-electron chi connectivity index (χ3n) is 2.55. The van der Waals surface area contributed by atoms with E-state index >= 15 is 0 Å². The predicted octanol–water partition coefficient (Wildman–Crippen LogP) is 3.44. The van der Waals surface area contributed by atoms with Crippen molar-refractivity contribution in [2.24, 2.45) is 0 Å². The summed E-state index contributed by atoms with van der Waals surface area (Å²) in [6.45, 7) is 0.169. The molecule has 21 heavy (non-hydrogen) atoms. The van der Waals surface area contributed by atoms with Crippen LogP contribution in [0.4, 0.5) is 28.9 Å². The highest BCUT2D eigenvalue weighted by molar-refractivity contribution is 5.66. The average molecular weight is 310 g/mol. The zero-order valence-corrected chi connectivity index (χ0v) is 11.1. The first-order valence-corrected chi connectivity index (χ1v) is 6.03. The van der Waals surface area contributed by atoms with Crippen molar-refractivity contribution < 1.29 is 27.2 Å². The van der Waals surface area contributed by atoms with Crippen LogP contribution in [0, 0.1) is 10.1 Å². The van der Waals surface area contributed by atoms with Crippen LogP contribution in [-0.2, 0) is 11.3 Å². The summed E-state index contributed by atoms with van der Waals surface area (Å²) in [6.07, 6.45) is -3.82. The molecule has 1 N–H and O–H groups in total. The number of halogens is 4. The molecule has 0 fully saturated rings. The zero-order chi connectivity index (χ0) is 16.0. The van der Waals surface area contributed by atoms with Gasteiger partial charge in [0.05, 0.1) is 11.5 Å². The van der Waals surface area contributed by atoms with Crippen molar-refractivity contribution in [3.63, 3.8) is 0 Å². The largest absolute Gasteiger partial charge is 0.379 e. The van der Waals surface area contributed by atoms with Crippen LogP contribution in [0.15, 0.2) is 18.2 Å². The molecule has 0 aliphatic carbocycles. The number of anilines is 1. The van der Waals surface area contributed by atoms with Gasteiger partial charge in [-0.2, -0.15) is 8.78 Å². The number of hydrogen-bond acceptors (Lipinski definition) is 4. The Kier molecular flexibility index (Phi) is 5.89. The maximum absolute atomic E-state index is 12.7. The van der Waals surface area contributed by atoms with Crippen LogP contribution in [0.1, 0.15) is 12.5 Å². The molecule has 1 aromatic rings. The van der Waals surface area contributed by atoms with Gasteiger partial charge in [-0.05, 0) is 6.92 Å². The molecule has 0 aliphatic heterocycles. The quantitative estimate of drug-likeness (QED) is 0.454. The summed E-state index contributed by atoms with van der Waals surface area (Å²) in [5.74, 6) is -4.25. The molecular formula is C12H14F4N2O3. The minimum atomic E-state index is -4.25. The highest BCUT2D eigenvalue weighted by atomic mass is 19.3. The molecule has 0 aromatic heterocycles. The minimum Gasteiger partial charge on any atom is -0.379 e. The summed E-state index contributed by atoms with van der Waals surface area (Å²) in [6, 6.07) is 4.05. The predicted molar refractivity (Wildman–Crippen MR) is 67.9 cm³/mol. The van der Waals surface area contributed by atoms with Crippen LogP contribution in [-0.4, -0.2) is 30.4 Å². The van der Waals surface area contributed by atoms with Gasteiger partial charge in [0.15, 0.2) is 0 Å². The Morgan fingerprint density at radius 2 is 2.10 bits per heavy atom. The molecular weight excluding hydrogens is 296 g/mol. The third kappa shape index (κ3) is 4.55. The summed E-state index contributed by atoms with van der Waals surface area (Å²) in [5, 5.41) is 13.6. The van der Waals surface area contributed by atoms with Crippen LogP contribution in [0.5, 0.6) is 0 Å². The van der Waals surface area contributed by atoms with Crippen LogP contribution in [0.3, 0.4) is 0 Å². The second-order valence-corrected chi connectivity index (χ2v) is 4.15. The average Bonchev–Trinajstić information content (AvgIpc) is 2.40. The molecule has 118 valence electrons. The number of nitrogens with one attached hydrogen (secondary N) is 1. The Labute approximate surface area is 118 Å². The summed E-state index contributed by atoms with van der Waals surface area (Å²) in [4.78, 5) is 10.2. The smallest absolute Gasteiger partial charge is 0.330 e. The molecule has 9 heteroatoms. The summed E-state index contributed by atoms with van der Waals surface area (Å²) >= 11 is 0. The Morgan fingerprint density at radius 1 is 1.43 bits per heavy atom. The van der Waals surface area contributed by atoms with E-state index in [-0.39, 0.29) is 16.9 Å². The standard InChI is InChI=1S/C12H14F4N2O3/c1-2-17-10-8(4-3-5-9(10)18(19)20)6-21-7-12(15,16)11(13)14/h3-5,11,17H,2,6-7H2,1H3. The van der Waals surface area contributed by atoms with Crippen molar-refractivity contribution >= 4 is 11.4 Å². The Hall–Kier alpha value is -1.90. The lowest BCUT2D eigenvalue weighted by atomic mass is 10.1. The molecule has 0 radical (unpaired) electrons. The number of para-hydroxylation sites is 1. The Bertz CT molecular complexity index is 497. The van der Waals surface area contributed by atoms with E-state index in [1.165, 1.54) is 18.2 Å². The van der Waals surface area contributed by atoms with Crippen molar-refractivity contribution in [2.75, 3.05) is 18.5 Å². The normalized spacial score (nSPS) is 11.7. The highest BCUT2D eigenvalue weighted by Gasteiger charge is 2.41. The van der Waals surface area contributed by atoms with Crippen molar-refractivity contribution in [1.29, 1.82) is 0 Å². The van der Waals surface area contributed by atoms with Gasteiger partial charge in [0.25, 0.3) is 5.69 Å². The van der Waals surface area contributed by atoms with Gasteiger partial charge in [-0.15, -0.1) is 0 Å². The molecule has 0 heterocycles. The third-order valence-corrected chi connectivity index (χ3v) is 2.55. The zero-order valence-electron chi connectivity index (χ0n) is 11.1. The molecule has 5 nitrogen and oxygen atoms in total. The molecule has 0 aliphatic rings. The molecule has 0 saturated carbocycles. The number of alkyl halides is 4. The van der Waals surface area contributed by atoms with Gasteiger partial charge in [0.2, 0.25) is 0 Å². The van der Waals surface area contributed by atoms with Crippen LogP contribution >= 0.6 is 0 Å². The van der Waals surface area contributed by atoms with E-state index < -0.39 is 30.5 Å². The lowest BCUT2D eigenvalue weighted by Gasteiger charge is -2.16. The Balaban J connectivity index is 2.84. The van der Waals surface area contributed by atoms with Crippen molar-refractivity contribution in [3.8, 4) is 0 Å². The highest BCUT2D eigenvalue weighted by Crippen LogP contribution is 2.29. The number of ether oxygens (including phenoxy) is 1. The van der Waals surface area contributed by atoms with Crippen molar-refractivity contribution in [3.05, 3.63) is 33.9 Å². The fourth-order valence-corrected chi connectivity index (χ4v) is 1.60. The van der Waals surface area contributed by atoms with E-state index in [2.05, 4.69) is 10.1 Å². The minimum absolute atomic E-state index is 0.130. The van der Waals surface area contributed by atoms with Crippen molar-refractivity contribution in [1.82, 2.24) is 0 Å². The molecule has 0 spiro atoms. The van der Waals surface area contributed by atoms with Gasteiger partial charge < -0.3 is 10.1 Å². The molecule has 0 bridgehead atoms. The van der Waals surface area contributed by atoms with Crippen LogP contribution in [0.2, 0.25) is 0 Å². The van der Waals surface area contributed by atoms with Gasteiger partial charge >= 0.3 is 12.3 Å². The number of nitro benzene ring substituents is 1. The summed E-state index contributed by atoms with van der Waals surface area (Å²) < 4.78 is 53.9. The maximum atomic E-state index is 12.7. The number of nitro groups is 1. The van der Waals surface area contributed by atoms with E-state index in [0.29, 0.717) is 6.54 Å². The molecule has 1 rings (SSSR count). The summed E-state index contributed by atoms with van der Waals surface area (Å²) in [7, 11) is 0. The molecule has 1 aromatic carbocycles. The molecule has 0 amide bonds. The maximum Gasteiger partial charge on any atom is 0.330 e. The SMILES string of the molecule is CCNc1c(COCC(F)(F)C(F)F)cccc1[N+](=O)[O-]. The second kappa shape index (κ2) is 7.21. The monoisotopic (exact) mass is 310 g/mol. The number of nitrogens with zero attached hydrogens (tertiary/aromatic N) is 1. The number of hydrogen-bond donors (Lipinski definition) is 1. The van der Waals surface area contributed by atoms with Crippen LogP contribution in [0.25, 0.3) is 0 Å². The van der Waals surface area contributed by atoms with Gasteiger partial charge in [-0.25, -0.2) is 8.78 Å². The first-order valence-electron chi connectivity index (χ1n) is 6.03. The van der Waals surface area contributed by atoms with Gasteiger partial charge in [-0.3, -0.25) is 10.1 Å². The molecule has 0 saturated heterocycles. The molecule has 0 unspecified atom stereocenters. The fraction of sp³-hybridized carbons (Fsp3) is 0.500. The summed E-state index contributed by atoms with van der Waals surface area (Å²) in [5.41, 5.74) is 0.139. The van der Waals surface area contributed by atoms with E-state index in [4.69, 9.17) is 0 Å². The van der Waals surface area contributed by atoms with E-state index in [0.717, 1.165) is 0 Å². The van der Waals surface area contributed by atoms with E-state index in [1.807, 2.05) is 0 Å². The van der Waals surface area contributed by atoms with Crippen molar-refractivity contribution in [2.45, 2.75) is 25.9 Å². The fourth-order valence-electron chi connectivity index (χ4n) is 1.60. The van der Waals surface area contributed by atoms with E-state index in [1.54, 1.807) is 6.92 Å². The van der Waals surface area contributed by atoms with Gasteiger partial charge in [-0.1, -0.05) is 12.1 Å². The topological polar surface area (TPSA) is 64.4 Å². The Morgan fingerprint density at radius 3 is 2.62 bits per heavy atom. The van der Waals surface area contributed by atoms with Gasteiger partial charge in [0, 0.05) is 18.2 Å². The van der Waals surface area contributed by atoms with E-state index in [9.17, 15) is 27.7 Å². The van der Waals surface area contributed by atoms with Gasteiger partial charge in [0.1, 0.15) is 12.3 Å². The lowest BCUT2D eigenvalue weighted by molar-refractivity contribution is -0.384. The molecule has 0 atom stereocenters. The van der Waals surface area contributed by atoms with Crippen LogP contribution < -0.4 is 5.32 Å². The second-order valence-electron chi connectivity index (χ2n) is 4.15.